The number of nitrogens with zero attached hydrogens (tertiary/aromatic N) is 14. The number of carbonyl (C=O) groups is 2. The summed E-state index contributed by atoms with van der Waals surface area (Å²) in [5.74, 6) is -1.30. The van der Waals surface area contributed by atoms with Crippen LogP contribution in [-0.4, -0.2) is 92.0 Å². The Labute approximate surface area is 550 Å². The van der Waals surface area contributed by atoms with Crippen LogP contribution >= 0.6 is 31.9 Å². The molecule has 28 heteroatoms. The van der Waals surface area contributed by atoms with E-state index in [1.807, 2.05) is 54.6 Å². The van der Waals surface area contributed by atoms with E-state index in [9.17, 15) is 40.7 Å². The van der Waals surface area contributed by atoms with Gasteiger partial charge in [0.2, 0.25) is 0 Å². The van der Waals surface area contributed by atoms with Crippen LogP contribution < -0.4 is 16.9 Å². The van der Waals surface area contributed by atoms with Crippen molar-refractivity contribution in [2.75, 3.05) is 0 Å². The maximum Gasteiger partial charge on any atom is 0.460 e. The molecule has 0 saturated heterocycles. The fourth-order valence-corrected chi connectivity index (χ4v) is 13.7. The topological polar surface area (TPSA) is 211 Å². The quantitative estimate of drug-likeness (QED) is 0.105. The number of aromatic nitrogens is 12. The molecule has 0 aliphatic carbocycles. The summed E-state index contributed by atoms with van der Waals surface area (Å²) in [7, 11) is 1.54. The summed E-state index contributed by atoms with van der Waals surface area (Å²) in [6, 6.07) is 36.8. The second-order valence-corrected chi connectivity index (χ2v) is 25.2. The summed E-state index contributed by atoms with van der Waals surface area (Å²) in [5, 5.41) is 22.3. The summed E-state index contributed by atoms with van der Waals surface area (Å²) < 4.78 is 98.0. The molecule has 0 saturated carbocycles. The third kappa shape index (κ3) is 11.4. The Bertz CT molecular complexity index is 5250. The van der Waals surface area contributed by atoms with Crippen molar-refractivity contribution in [1.82, 2.24) is 68.1 Å². The smallest absolute Gasteiger partial charge is 0.330 e. The molecule has 0 bridgehead atoms. The molecule has 2 unspecified atom stereocenters. The highest BCUT2D eigenvalue weighted by atomic mass is 79.9. The standard InChI is InChI=1S/C67H50Br2F6N14O6/c1-36-25-49-55(34-83(36)61(90)42-15-23-53(68)51(30-42)66(70,71)72)89-60(85(63(49)92)46-17-13-41(14-18-46)58-78-65(94)95-82(58)3)45(33-77-89)28-39-9-11-40(12-10-39)29-57-79-80-81-87(57)48-21-19-47(20-22-48)86-59-44(27-38-7-5-4-6-8-38)32-76-88(59)56-35-84(37(2)26-50(56)64(86)93)62(91)43-16-24-54(69)52(31-43)67(73,74)75/h4-24,30-33,36-37H,25-29,34-35H2,1-3H3. The number of rotatable bonds is 12. The first kappa shape index (κ1) is 62.1. The fourth-order valence-electron chi connectivity index (χ4n) is 12.7. The number of amides is 2. The molecule has 480 valence electrons. The first-order valence-electron chi connectivity index (χ1n) is 29.7. The van der Waals surface area contributed by atoms with Crippen molar-refractivity contribution in [2.24, 2.45) is 7.05 Å². The molecule has 95 heavy (non-hydrogen) atoms. The van der Waals surface area contributed by atoms with E-state index in [1.54, 1.807) is 105 Å². The van der Waals surface area contributed by atoms with Gasteiger partial charge in [0.15, 0.2) is 11.6 Å². The highest BCUT2D eigenvalue weighted by Gasteiger charge is 2.39. The van der Waals surface area contributed by atoms with Crippen molar-refractivity contribution in [2.45, 2.75) is 83.5 Å². The lowest BCUT2D eigenvalue weighted by atomic mass is 9.97. The van der Waals surface area contributed by atoms with Crippen LogP contribution in [0.15, 0.2) is 180 Å². The molecule has 14 rings (SSSR count). The number of alkyl halides is 6. The van der Waals surface area contributed by atoms with Crippen LogP contribution in [0.2, 0.25) is 0 Å². The number of hydrogen-bond donors (Lipinski definition) is 0. The van der Waals surface area contributed by atoms with E-state index in [0.717, 1.165) is 28.8 Å². The monoisotopic (exact) mass is 1420 g/mol. The second kappa shape index (κ2) is 23.9. The summed E-state index contributed by atoms with van der Waals surface area (Å²) in [6.45, 7) is 3.25. The SMILES string of the molecule is CC1Cc2c(n3ncc(Cc4ccc(Cc5nnnn5-c5ccc(-n6c(=O)c7c(n8ncc(Cc9ccccc9)c68)CN(C(=O)c6ccc(Br)c(C(F)(F)F)c6)C(C)C7)cc5)cc4)c3n(-c3ccc(-c4nc(=O)on4C)cc3)c2=O)CN1C(=O)c1ccc(Br)c(C(F)(F)F)c1. The van der Waals surface area contributed by atoms with E-state index < -0.39 is 53.1 Å². The third-order valence-electron chi connectivity index (χ3n) is 17.4. The van der Waals surface area contributed by atoms with Crippen molar-refractivity contribution < 1.29 is 40.5 Å². The molecule has 0 N–H and O–H groups in total. The molecule has 2 amide bonds. The molecular formula is C67H50Br2F6N14O6. The number of aryl methyl sites for hydroxylation is 1. The molecule has 0 radical (unpaired) electrons. The Balaban J connectivity index is 0.754. The molecule has 6 aromatic carbocycles. The maximum atomic E-state index is 15.1. The van der Waals surface area contributed by atoms with Gasteiger partial charge < -0.3 is 14.3 Å². The zero-order chi connectivity index (χ0) is 66.5. The van der Waals surface area contributed by atoms with E-state index in [2.05, 4.69) is 52.4 Å². The van der Waals surface area contributed by atoms with Gasteiger partial charge in [-0.15, -0.1) is 5.10 Å². The summed E-state index contributed by atoms with van der Waals surface area (Å²) in [6.07, 6.45) is -5.00. The van der Waals surface area contributed by atoms with Gasteiger partial charge in [-0.25, -0.2) is 13.8 Å². The molecular weight excluding hydrogens is 1370 g/mol. The highest BCUT2D eigenvalue weighted by Crippen LogP contribution is 2.39. The number of tetrazole rings is 1. The number of benzene rings is 6. The van der Waals surface area contributed by atoms with Gasteiger partial charge in [0.25, 0.3) is 22.9 Å². The zero-order valence-electron chi connectivity index (χ0n) is 50.3. The number of carbonyl (C=O) groups excluding carboxylic acids is 2. The average Bonchev–Trinajstić information content (AvgIpc) is 1.70. The lowest BCUT2D eigenvalue weighted by Crippen LogP contribution is -2.46. The number of fused-ring (bicyclic) bond motifs is 6. The molecule has 6 aromatic heterocycles. The van der Waals surface area contributed by atoms with E-state index in [0.29, 0.717) is 79.8 Å². The van der Waals surface area contributed by atoms with Crippen LogP contribution in [0.4, 0.5) is 26.3 Å². The van der Waals surface area contributed by atoms with Crippen LogP contribution in [0.3, 0.4) is 0 Å². The first-order valence-corrected chi connectivity index (χ1v) is 31.3. The van der Waals surface area contributed by atoms with Crippen LogP contribution in [0.5, 0.6) is 0 Å². The van der Waals surface area contributed by atoms with Crippen LogP contribution in [0.1, 0.15) is 102 Å². The van der Waals surface area contributed by atoms with Gasteiger partial charge in [0.05, 0.1) is 65.1 Å². The predicted octanol–water partition coefficient (Wildman–Crippen LogP) is 11.1. The van der Waals surface area contributed by atoms with Crippen molar-refractivity contribution >= 4 is 55.0 Å². The van der Waals surface area contributed by atoms with E-state index in [1.165, 1.54) is 38.8 Å². The van der Waals surface area contributed by atoms with Crippen LogP contribution in [0.25, 0.3) is 39.7 Å². The van der Waals surface area contributed by atoms with Gasteiger partial charge in [-0.2, -0.15) is 50.9 Å². The molecule has 0 spiro atoms. The van der Waals surface area contributed by atoms with E-state index in [4.69, 9.17) is 14.7 Å². The minimum atomic E-state index is -4.73. The fraction of sp³-hybridized carbons (Fsp3) is 0.209. The van der Waals surface area contributed by atoms with Crippen LogP contribution in [0, 0.1) is 0 Å². The van der Waals surface area contributed by atoms with Crippen molar-refractivity contribution in [3.05, 3.63) is 271 Å². The van der Waals surface area contributed by atoms with Gasteiger partial charge in [0, 0.05) is 86.3 Å². The lowest BCUT2D eigenvalue weighted by Gasteiger charge is -2.35. The molecule has 2 aliphatic heterocycles. The van der Waals surface area contributed by atoms with Gasteiger partial charge >= 0.3 is 18.1 Å². The Morgan fingerprint density at radius 3 is 1.49 bits per heavy atom. The van der Waals surface area contributed by atoms with Gasteiger partial charge in [-0.05, 0) is 139 Å². The second-order valence-electron chi connectivity index (χ2n) is 23.5. The molecule has 12 aromatic rings. The Morgan fingerprint density at radius 1 is 0.579 bits per heavy atom. The first-order chi connectivity index (χ1) is 45.5. The summed E-state index contributed by atoms with van der Waals surface area (Å²) >= 11 is 5.93. The van der Waals surface area contributed by atoms with E-state index in [-0.39, 0.29) is 75.8 Å². The average molecular weight is 1420 g/mol. The Morgan fingerprint density at radius 2 is 1.03 bits per heavy atom. The minimum Gasteiger partial charge on any atom is -0.330 e. The van der Waals surface area contributed by atoms with Gasteiger partial charge in [0.1, 0.15) is 11.3 Å². The maximum absolute atomic E-state index is 15.1. The normalized spacial score (nSPS) is 15.0. The number of halogens is 8. The lowest BCUT2D eigenvalue weighted by molar-refractivity contribution is -0.139. The molecule has 20 nitrogen and oxygen atoms in total. The highest BCUT2D eigenvalue weighted by molar-refractivity contribution is 9.10. The summed E-state index contributed by atoms with van der Waals surface area (Å²) in [5.41, 5.74) is 5.47. The summed E-state index contributed by atoms with van der Waals surface area (Å²) in [4.78, 5) is 77.3. The third-order valence-corrected chi connectivity index (χ3v) is 18.8. The molecule has 2 atom stereocenters. The van der Waals surface area contributed by atoms with Crippen molar-refractivity contribution in [1.29, 1.82) is 0 Å². The molecule has 2 aliphatic rings. The predicted molar refractivity (Wildman–Crippen MR) is 341 cm³/mol. The van der Waals surface area contributed by atoms with Crippen molar-refractivity contribution in [3.63, 3.8) is 0 Å². The van der Waals surface area contributed by atoms with E-state index >= 15 is 9.59 Å². The van der Waals surface area contributed by atoms with Gasteiger partial charge in [-0.3, -0.25) is 28.3 Å². The minimum absolute atomic E-state index is 0.0672. The largest absolute Gasteiger partial charge is 0.460 e. The Hall–Kier alpha value is -10.4. The number of hydrogen-bond acceptors (Lipinski definition) is 12. The van der Waals surface area contributed by atoms with Crippen LogP contribution in [-0.2, 0) is 64.6 Å². The molecule has 8 heterocycles. The zero-order valence-corrected chi connectivity index (χ0v) is 53.4. The Kier molecular flexibility index (Phi) is 15.6. The molecule has 0 fully saturated rings. The van der Waals surface area contributed by atoms with Gasteiger partial charge in [-0.1, -0.05) is 86.5 Å². The van der Waals surface area contributed by atoms with Crippen molar-refractivity contribution in [3.8, 4) is 28.5 Å².